The third-order valence-electron chi connectivity index (χ3n) is 4.10. The highest BCUT2D eigenvalue weighted by Gasteiger charge is 2.31. The second-order valence-corrected chi connectivity index (χ2v) is 9.95. The van der Waals surface area contributed by atoms with Gasteiger partial charge in [0, 0.05) is 19.6 Å². The average Bonchev–Trinajstić information content (AvgIpc) is 3.18. The summed E-state index contributed by atoms with van der Waals surface area (Å²) in [5.41, 5.74) is 1.56. The van der Waals surface area contributed by atoms with Crippen LogP contribution in [0.3, 0.4) is 0 Å². The van der Waals surface area contributed by atoms with Crippen molar-refractivity contribution in [2.75, 3.05) is 33.7 Å². The van der Waals surface area contributed by atoms with Gasteiger partial charge in [-0.15, -0.1) is 11.3 Å². The Morgan fingerprint density at radius 1 is 1.07 bits per heavy atom. The minimum Gasteiger partial charge on any atom is -0.347 e. The first-order valence-corrected chi connectivity index (χ1v) is 11.2. The third kappa shape index (κ3) is 5.88. The van der Waals surface area contributed by atoms with Crippen molar-refractivity contribution in [1.82, 2.24) is 15.5 Å². The summed E-state index contributed by atoms with van der Waals surface area (Å²) in [5.74, 6) is -1.63. The van der Waals surface area contributed by atoms with Gasteiger partial charge in [-0.2, -0.15) is 0 Å². The van der Waals surface area contributed by atoms with Crippen LogP contribution in [0.15, 0.2) is 46.0 Å². The quantitative estimate of drug-likeness (QED) is 0.625. The summed E-state index contributed by atoms with van der Waals surface area (Å²) in [6.07, 6.45) is 0. The number of amides is 2. The van der Waals surface area contributed by atoms with E-state index in [1.165, 1.54) is 6.07 Å². The second-order valence-electron chi connectivity index (χ2n) is 6.65. The first kappa shape index (κ1) is 22.1. The molecule has 0 aliphatic rings. The number of aryl methyl sites for hydroxylation is 1. The molecule has 1 atom stereocenters. The molecule has 1 heterocycles. The Hall–Kier alpha value is -2.23. The smallest absolute Gasteiger partial charge is 0.309 e. The van der Waals surface area contributed by atoms with Crippen molar-refractivity contribution in [3.63, 3.8) is 0 Å². The normalized spacial score (nSPS) is 12.6. The standard InChI is InChI=1S/C19H25N3O4S2/c1-14-6-8-15(9-7-14)16(28(25,26)17-5-4-12-27-17)13-21-19(24)18(23)20-10-11-22(2)3/h4-9,12,16H,10-11,13H2,1-3H3,(H,20,23)(H,21,24)/t16-/m1/s1. The van der Waals surface area contributed by atoms with Crippen LogP contribution in [0, 0.1) is 6.92 Å². The van der Waals surface area contributed by atoms with Gasteiger partial charge in [0.05, 0.1) is 0 Å². The van der Waals surface area contributed by atoms with Gasteiger partial charge in [-0.25, -0.2) is 8.42 Å². The van der Waals surface area contributed by atoms with Crippen LogP contribution >= 0.6 is 11.3 Å². The Morgan fingerprint density at radius 3 is 2.29 bits per heavy atom. The highest BCUT2D eigenvalue weighted by Crippen LogP contribution is 2.31. The topological polar surface area (TPSA) is 95.6 Å². The number of hydrogen-bond acceptors (Lipinski definition) is 6. The molecule has 28 heavy (non-hydrogen) atoms. The molecular formula is C19H25N3O4S2. The first-order chi connectivity index (χ1) is 13.2. The number of hydrogen-bond donors (Lipinski definition) is 2. The molecule has 152 valence electrons. The van der Waals surface area contributed by atoms with Gasteiger partial charge < -0.3 is 15.5 Å². The van der Waals surface area contributed by atoms with Crippen molar-refractivity contribution >= 4 is 33.0 Å². The maximum absolute atomic E-state index is 13.1. The predicted octanol–water partition coefficient (Wildman–Crippen LogP) is 1.37. The number of nitrogens with one attached hydrogen (secondary N) is 2. The lowest BCUT2D eigenvalue weighted by Gasteiger charge is -2.18. The Morgan fingerprint density at radius 2 is 1.71 bits per heavy atom. The van der Waals surface area contributed by atoms with Crippen molar-refractivity contribution in [2.24, 2.45) is 0 Å². The van der Waals surface area contributed by atoms with E-state index < -0.39 is 26.9 Å². The molecular weight excluding hydrogens is 398 g/mol. The summed E-state index contributed by atoms with van der Waals surface area (Å²) in [5, 5.41) is 5.68. The molecule has 0 aliphatic heterocycles. The van der Waals surface area contributed by atoms with E-state index in [1.54, 1.807) is 23.6 Å². The molecule has 0 radical (unpaired) electrons. The van der Waals surface area contributed by atoms with E-state index in [-0.39, 0.29) is 10.8 Å². The van der Waals surface area contributed by atoms with E-state index in [2.05, 4.69) is 10.6 Å². The van der Waals surface area contributed by atoms with Crippen LogP contribution in [-0.2, 0) is 19.4 Å². The molecule has 1 aromatic carbocycles. The van der Waals surface area contributed by atoms with Crippen molar-refractivity contribution in [1.29, 1.82) is 0 Å². The van der Waals surface area contributed by atoms with E-state index in [0.717, 1.165) is 16.9 Å². The van der Waals surface area contributed by atoms with Crippen LogP contribution in [0.5, 0.6) is 0 Å². The van der Waals surface area contributed by atoms with E-state index in [1.807, 2.05) is 38.1 Å². The van der Waals surface area contributed by atoms with E-state index in [9.17, 15) is 18.0 Å². The van der Waals surface area contributed by atoms with Crippen molar-refractivity contribution in [2.45, 2.75) is 16.4 Å². The molecule has 0 unspecified atom stereocenters. The number of sulfone groups is 1. The molecule has 2 aromatic rings. The molecule has 2 N–H and O–H groups in total. The molecule has 2 amide bonds. The molecule has 0 aliphatic carbocycles. The fourth-order valence-corrected chi connectivity index (χ4v) is 5.36. The van der Waals surface area contributed by atoms with E-state index in [0.29, 0.717) is 18.7 Å². The summed E-state index contributed by atoms with van der Waals surface area (Å²) in [7, 11) is 0.00222. The van der Waals surface area contributed by atoms with Crippen LogP contribution in [0.4, 0.5) is 0 Å². The van der Waals surface area contributed by atoms with Gasteiger partial charge in [0.25, 0.3) is 0 Å². The number of nitrogens with zero attached hydrogens (tertiary/aromatic N) is 1. The third-order valence-corrected chi connectivity index (χ3v) is 7.63. The minimum atomic E-state index is -3.71. The summed E-state index contributed by atoms with van der Waals surface area (Å²) < 4.78 is 26.3. The highest BCUT2D eigenvalue weighted by atomic mass is 32.2. The number of rotatable bonds is 8. The van der Waals surface area contributed by atoms with Gasteiger partial charge in [0.1, 0.15) is 9.46 Å². The summed E-state index contributed by atoms with van der Waals surface area (Å²) in [6, 6.07) is 10.3. The van der Waals surface area contributed by atoms with Crippen molar-refractivity contribution < 1.29 is 18.0 Å². The van der Waals surface area contributed by atoms with Gasteiger partial charge in [-0.3, -0.25) is 9.59 Å². The number of benzene rings is 1. The maximum Gasteiger partial charge on any atom is 0.309 e. The number of carbonyl (C=O) groups is 2. The Labute approximate surface area is 169 Å². The van der Waals surface area contributed by atoms with Gasteiger partial charge in [0.15, 0.2) is 9.84 Å². The molecule has 0 saturated heterocycles. The molecule has 0 saturated carbocycles. The lowest BCUT2D eigenvalue weighted by molar-refractivity contribution is -0.139. The molecule has 0 bridgehead atoms. The fraction of sp³-hybridized carbons (Fsp3) is 0.368. The lowest BCUT2D eigenvalue weighted by Crippen LogP contribution is -2.43. The Balaban J connectivity index is 2.14. The zero-order valence-electron chi connectivity index (χ0n) is 16.1. The zero-order chi connectivity index (χ0) is 20.7. The second kappa shape index (κ2) is 9.81. The molecule has 7 nitrogen and oxygen atoms in total. The fourth-order valence-electron chi connectivity index (χ4n) is 2.49. The summed E-state index contributed by atoms with van der Waals surface area (Å²) in [6.45, 7) is 2.64. The largest absolute Gasteiger partial charge is 0.347 e. The van der Waals surface area contributed by atoms with Crippen LogP contribution in [0.1, 0.15) is 16.4 Å². The van der Waals surface area contributed by atoms with Gasteiger partial charge in [-0.05, 0) is 38.0 Å². The van der Waals surface area contributed by atoms with Gasteiger partial charge in [0.2, 0.25) is 0 Å². The highest BCUT2D eigenvalue weighted by molar-refractivity contribution is 7.93. The molecule has 1 aromatic heterocycles. The first-order valence-electron chi connectivity index (χ1n) is 8.76. The SMILES string of the molecule is Cc1ccc([C@@H](CNC(=O)C(=O)NCCN(C)C)S(=O)(=O)c2cccs2)cc1. The van der Waals surface area contributed by atoms with E-state index >= 15 is 0 Å². The van der Waals surface area contributed by atoms with Crippen LogP contribution in [-0.4, -0.2) is 58.9 Å². The van der Waals surface area contributed by atoms with Crippen LogP contribution in [0.25, 0.3) is 0 Å². The Kier molecular flexibility index (Phi) is 7.73. The van der Waals surface area contributed by atoms with Crippen molar-refractivity contribution in [3.05, 3.63) is 52.9 Å². The monoisotopic (exact) mass is 423 g/mol. The number of likely N-dealkylation sites (N-methyl/N-ethyl adjacent to an activating group) is 1. The lowest BCUT2D eigenvalue weighted by atomic mass is 10.1. The maximum atomic E-state index is 13.1. The molecule has 0 fully saturated rings. The van der Waals surface area contributed by atoms with Gasteiger partial charge >= 0.3 is 11.8 Å². The summed E-state index contributed by atoms with van der Waals surface area (Å²) in [4.78, 5) is 25.9. The Bertz CT molecular complexity index is 892. The molecule has 2 rings (SSSR count). The summed E-state index contributed by atoms with van der Waals surface area (Å²) >= 11 is 1.13. The molecule has 0 spiro atoms. The number of carbonyl (C=O) groups excluding carboxylic acids is 2. The van der Waals surface area contributed by atoms with Crippen molar-refractivity contribution in [3.8, 4) is 0 Å². The van der Waals surface area contributed by atoms with Crippen LogP contribution < -0.4 is 10.6 Å². The minimum absolute atomic E-state index is 0.191. The van der Waals surface area contributed by atoms with E-state index in [4.69, 9.17) is 0 Å². The predicted molar refractivity (Wildman–Crippen MR) is 110 cm³/mol. The average molecular weight is 424 g/mol. The zero-order valence-corrected chi connectivity index (χ0v) is 17.8. The van der Waals surface area contributed by atoms with Crippen LogP contribution in [0.2, 0.25) is 0 Å². The number of thiophene rings is 1. The molecule has 9 heteroatoms. The van der Waals surface area contributed by atoms with Gasteiger partial charge in [-0.1, -0.05) is 35.9 Å².